The molecule has 3 rings (SSSR count). The standard InChI is InChI=1S/C13H13ClN2OS/c14-9-3-4-10-11(7-9)18-12(15-10)16-13(8-17)5-1-2-6-13/h1-4,7,17H,5-6,8H2,(H,15,16). The zero-order chi connectivity index (χ0) is 12.6. The van der Waals surface area contributed by atoms with Gasteiger partial charge in [0.2, 0.25) is 0 Å². The Balaban J connectivity index is 1.90. The number of thiazole rings is 1. The molecule has 2 N–H and O–H groups in total. The highest BCUT2D eigenvalue weighted by Crippen LogP contribution is 2.33. The molecule has 0 fully saturated rings. The van der Waals surface area contributed by atoms with E-state index in [4.69, 9.17) is 11.6 Å². The summed E-state index contributed by atoms with van der Waals surface area (Å²) in [6.07, 6.45) is 5.85. The lowest BCUT2D eigenvalue weighted by Crippen LogP contribution is -2.39. The van der Waals surface area contributed by atoms with Crippen molar-refractivity contribution in [3.05, 3.63) is 35.4 Å². The van der Waals surface area contributed by atoms with Crippen LogP contribution in [0.1, 0.15) is 12.8 Å². The van der Waals surface area contributed by atoms with Gasteiger partial charge in [0, 0.05) is 5.02 Å². The third kappa shape index (κ3) is 2.11. The van der Waals surface area contributed by atoms with Gasteiger partial charge in [-0.1, -0.05) is 35.1 Å². The van der Waals surface area contributed by atoms with Crippen molar-refractivity contribution in [2.24, 2.45) is 0 Å². The SMILES string of the molecule is OCC1(Nc2nc3ccc(Cl)cc3s2)CC=CC1. The Morgan fingerprint density at radius 3 is 2.89 bits per heavy atom. The summed E-state index contributed by atoms with van der Waals surface area (Å²) in [5.41, 5.74) is 0.656. The lowest BCUT2D eigenvalue weighted by Gasteiger charge is -2.27. The number of hydrogen-bond acceptors (Lipinski definition) is 4. The number of aliphatic hydroxyl groups excluding tert-OH is 1. The van der Waals surface area contributed by atoms with Crippen molar-refractivity contribution in [1.29, 1.82) is 0 Å². The summed E-state index contributed by atoms with van der Waals surface area (Å²) in [4.78, 5) is 4.52. The topological polar surface area (TPSA) is 45.1 Å². The maximum absolute atomic E-state index is 9.55. The van der Waals surface area contributed by atoms with Gasteiger partial charge in [-0.05, 0) is 31.0 Å². The molecular formula is C13H13ClN2OS. The minimum atomic E-state index is -0.280. The Hall–Kier alpha value is -1.10. The lowest BCUT2D eigenvalue weighted by molar-refractivity contribution is 0.218. The molecule has 94 valence electrons. The van der Waals surface area contributed by atoms with E-state index < -0.39 is 0 Å². The lowest BCUT2D eigenvalue weighted by atomic mass is 9.98. The summed E-state index contributed by atoms with van der Waals surface area (Å²) in [5, 5.41) is 14.5. The summed E-state index contributed by atoms with van der Waals surface area (Å²) >= 11 is 7.53. The van der Waals surface area contributed by atoms with E-state index in [1.807, 2.05) is 18.2 Å². The molecule has 0 unspecified atom stereocenters. The molecule has 2 aromatic rings. The number of aromatic nitrogens is 1. The van der Waals surface area contributed by atoms with E-state index >= 15 is 0 Å². The van der Waals surface area contributed by atoms with Gasteiger partial charge in [-0.25, -0.2) is 4.98 Å². The van der Waals surface area contributed by atoms with Crippen LogP contribution in [0.15, 0.2) is 30.4 Å². The average Bonchev–Trinajstić information content (AvgIpc) is 2.96. The molecule has 0 aliphatic heterocycles. The van der Waals surface area contributed by atoms with E-state index in [1.165, 1.54) is 0 Å². The molecule has 0 amide bonds. The summed E-state index contributed by atoms with van der Waals surface area (Å²) in [6, 6.07) is 5.67. The predicted octanol–water partition coefficient (Wildman–Crippen LogP) is 3.44. The van der Waals surface area contributed by atoms with Crippen LogP contribution in [0.25, 0.3) is 10.2 Å². The second kappa shape index (κ2) is 4.53. The van der Waals surface area contributed by atoms with Crippen molar-refractivity contribution in [3.63, 3.8) is 0 Å². The molecular weight excluding hydrogens is 268 g/mol. The Kier molecular flexibility index (Phi) is 3.01. The number of halogens is 1. The second-order valence-corrected chi connectivity index (χ2v) is 6.04. The van der Waals surface area contributed by atoms with E-state index in [9.17, 15) is 5.11 Å². The molecule has 1 heterocycles. The molecule has 0 saturated carbocycles. The van der Waals surface area contributed by atoms with Gasteiger partial charge in [0.15, 0.2) is 5.13 Å². The van der Waals surface area contributed by atoms with Gasteiger partial charge >= 0.3 is 0 Å². The first kappa shape index (κ1) is 12.0. The van der Waals surface area contributed by atoms with Gasteiger partial charge in [-0.15, -0.1) is 0 Å². The molecule has 0 saturated heterocycles. The number of benzene rings is 1. The van der Waals surface area contributed by atoms with Crippen molar-refractivity contribution in [2.45, 2.75) is 18.4 Å². The Morgan fingerprint density at radius 1 is 1.39 bits per heavy atom. The summed E-state index contributed by atoms with van der Waals surface area (Å²) in [5.74, 6) is 0. The van der Waals surface area contributed by atoms with Crippen LogP contribution in [-0.4, -0.2) is 22.2 Å². The zero-order valence-corrected chi connectivity index (χ0v) is 11.3. The predicted molar refractivity (Wildman–Crippen MR) is 76.4 cm³/mol. The Labute approximate surface area is 114 Å². The highest BCUT2D eigenvalue weighted by Gasteiger charge is 2.30. The number of nitrogens with one attached hydrogen (secondary N) is 1. The maximum Gasteiger partial charge on any atom is 0.184 e. The highest BCUT2D eigenvalue weighted by molar-refractivity contribution is 7.22. The minimum absolute atomic E-state index is 0.108. The van der Waals surface area contributed by atoms with Gasteiger partial charge in [0.25, 0.3) is 0 Å². The quantitative estimate of drug-likeness (QED) is 0.847. The van der Waals surface area contributed by atoms with Crippen molar-refractivity contribution in [3.8, 4) is 0 Å². The molecule has 1 aliphatic rings. The zero-order valence-electron chi connectivity index (χ0n) is 9.69. The van der Waals surface area contributed by atoms with Crippen molar-refractivity contribution >= 4 is 38.3 Å². The van der Waals surface area contributed by atoms with Crippen LogP contribution in [0.3, 0.4) is 0 Å². The third-order valence-electron chi connectivity index (χ3n) is 3.21. The molecule has 1 aliphatic carbocycles. The number of anilines is 1. The van der Waals surface area contributed by atoms with Crippen LogP contribution in [0, 0.1) is 0 Å². The highest BCUT2D eigenvalue weighted by atomic mass is 35.5. The van der Waals surface area contributed by atoms with E-state index in [1.54, 1.807) is 11.3 Å². The number of aliphatic hydroxyl groups is 1. The molecule has 5 heteroatoms. The van der Waals surface area contributed by atoms with Gasteiger partial charge in [0.1, 0.15) is 0 Å². The molecule has 0 bridgehead atoms. The van der Waals surface area contributed by atoms with Crippen LogP contribution in [0.5, 0.6) is 0 Å². The van der Waals surface area contributed by atoms with Crippen LogP contribution >= 0.6 is 22.9 Å². The first-order chi connectivity index (χ1) is 8.71. The molecule has 1 aromatic heterocycles. The molecule has 3 nitrogen and oxygen atoms in total. The van der Waals surface area contributed by atoms with E-state index in [-0.39, 0.29) is 12.1 Å². The Morgan fingerprint density at radius 2 is 2.17 bits per heavy atom. The monoisotopic (exact) mass is 280 g/mol. The van der Waals surface area contributed by atoms with Crippen molar-refractivity contribution in [2.75, 3.05) is 11.9 Å². The van der Waals surface area contributed by atoms with Gasteiger partial charge < -0.3 is 10.4 Å². The minimum Gasteiger partial charge on any atom is -0.394 e. The molecule has 0 atom stereocenters. The summed E-state index contributed by atoms with van der Waals surface area (Å²) < 4.78 is 1.06. The number of hydrogen-bond donors (Lipinski definition) is 2. The van der Waals surface area contributed by atoms with Crippen LogP contribution < -0.4 is 5.32 Å². The van der Waals surface area contributed by atoms with E-state index in [0.717, 1.165) is 33.2 Å². The molecule has 1 aromatic carbocycles. The van der Waals surface area contributed by atoms with Crippen molar-refractivity contribution in [1.82, 2.24) is 4.98 Å². The van der Waals surface area contributed by atoms with Crippen LogP contribution in [0.2, 0.25) is 5.02 Å². The van der Waals surface area contributed by atoms with E-state index in [0.29, 0.717) is 0 Å². The largest absolute Gasteiger partial charge is 0.394 e. The molecule has 18 heavy (non-hydrogen) atoms. The third-order valence-corrected chi connectivity index (χ3v) is 4.38. The maximum atomic E-state index is 9.55. The Bertz CT molecular complexity index is 600. The van der Waals surface area contributed by atoms with E-state index in [2.05, 4.69) is 22.5 Å². The average molecular weight is 281 g/mol. The fraction of sp³-hybridized carbons (Fsp3) is 0.308. The summed E-state index contributed by atoms with van der Waals surface area (Å²) in [6.45, 7) is 0.108. The van der Waals surface area contributed by atoms with Crippen LogP contribution in [-0.2, 0) is 0 Å². The number of nitrogens with zero attached hydrogens (tertiary/aromatic N) is 1. The smallest absolute Gasteiger partial charge is 0.184 e. The molecule has 0 spiro atoms. The van der Waals surface area contributed by atoms with Gasteiger partial charge in [-0.2, -0.15) is 0 Å². The van der Waals surface area contributed by atoms with Crippen molar-refractivity contribution < 1.29 is 5.11 Å². The number of rotatable bonds is 3. The normalized spacial score (nSPS) is 17.4. The summed E-state index contributed by atoms with van der Waals surface area (Å²) in [7, 11) is 0. The van der Waals surface area contributed by atoms with Gasteiger partial charge in [-0.3, -0.25) is 0 Å². The second-order valence-electron chi connectivity index (χ2n) is 4.57. The first-order valence-corrected chi connectivity index (χ1v) is 7.00. The molecule has 0 radical (unpaired) electrons. The first-order valence-electron chi connectivity index (χ1n) is 5.81. The number of fused-ring (bicyclic) bond motifs is 1. The van der Waals surface area contributed by atoms with Crippen LogP contribution in [0.4, 0.5) is 5.13 Å². The van der Waals surface area contributed by atoms with Gasteiger partial charge in [0.05, 0.1) is 22.4 Å². The fourth-order valence-electron chi connectivity index (χ4n) is 2.15. The fourth-order valence-corrected chi connectivity index (χ4v) is 3.41.